The van der Waals surface area contributed by atoms with Gasteiger partial charge >= 0.3 is 10.2 Å². The van der Waals surface area contributed by atoms with Crippen molar-refractivity contribution >= 4 is 27.7 Å². The van der Waals surface area contributed by atoms with E-state index in [2.05, 4.69) is 5.32 Å². The van der Waals surface area contributed by atoms with Gasteiger partial charge in [-0.1, -0.05) is 60.2 Å². The molecule has 0 heterocycles. The van der Waals surface area contributed by atoms with Gasteiger partial charge in [-0.3, -0.25) is 9.59 Å². The zero-order valence-electron chi connectivity index (χ0n) is 24.5. The van der Waals surface area contributed by atoms with Crippen molar-refractivity contribution in [3.8, 4) is 0 Å². The van der Waals surface area contributed by atoms with Crippen LogP contribution in [-0.2, 0) is 32.8 Å². The van der Waals surface area contributed by atoms with Gasteiger partial charge in [0.2, 0.25) is 11.8 Å². The molecule has 8 nitrogen and oxygen atoms in total. The maximum absolute atomic E-state index is 14.2. The lowest BCUT2D eigenvalue weighted by molar-refractivity contribution is -0.140. The first kappa shape index (κ1) is 31.8. The van der Waals surface area contributed by atoms with Crippen LogP contribution in [0.25, 0.3) is 0 Å². The number of carbonyl (C=O) groups excluding carboxylic acids is 2. The van der Waals surface area contributed by atoms with Gasteiger partial charge in [0.15, 0.2) is 0 Å². The van der Waals surface area contributed by atoms with E-state index in [1.54, 1.807) is 0 Å². The average molecular weight is 583 g/mol. The van der Waals surface area contributed by atoms with Gasteiger partial charge in [0, 0.05) is 32.6 Å². The summed E-state index contributed by atoms with van der Waals surface area (Å²) in [6.07, 6.45) is 0.220. The van der Waals surface area contributed by atoms with Gasteiger partial charge in [-0.15, -0.1) is 0 Å². The number of amides is 2. The summed E-state index contributed by atoms with van der Waals surface area (Å²) in [4.78, 5) is 29.4. The third-order valence-corrected chi connectivity index (χ3v) is 8.20. The molecule has 1 atom stereocenters. The van der Waals surface area contributed by atoms with Crippen molar-refractivity contribution < 1.29 is 22.4 Å². The van der Waals surface area contributed by atoms with E-state index in [1.807, 2.05) is 82.3 Å². The van der Waals surface area contributed by atoms with Gasteiger partial charge in [0.1, 0.15) is 18.4 Å². The summed E-state index contributed by atoms with van der Waals surface area (Å²) in [6.45, 7) is 7.01. The smallest absolute Gasteiger partial charge is 0.304 e. The summed E-state index contributed by atoms with van der Waals surface area (Å²) >= 11 is 0. The van der Waals surface area contributed by atoms with Crippen LogP contribution in [0.5, 0.6) is 0 Å². The monoisotopic (exact) mass is 582 g/mol. The SMILES string of the molecule is Cc1ccc(CN(C(=O)CN(c2ccc(F)cc2)S(=O)(=O)N(C)C)[C@@H](Cc2ccccc2)C(=O)NC(C)(C)C)cc1. The van der Waals surface area contributed by atoms with Crippen molar-refractivity contribution in [2.45, 2.75) is 52.2 Å². The normalized spacial score (nSPS) is 12.6. The minimum absolute atomic E-state index is 0.0768. The van der Waals surface area contributed by atoms with E-state index in [1.165, 1.54) is 31.1 Å². The first-order valence-electron chi connectivity index (χ1n) is 13.3. The van der Waals surface area contributed by atoms with Crippen LogP contribution >= 0.6 is 0 Å². The topological polar surface area (TPSA) is 90.0 Å². The molecule has 0 spiro atoms. The zero-order valence-corrected chi connectivity index (χ0v) is 25.3. The molecular weight excluding hydrogens is 543 g/mol. The summed E-state index contributed by atoms with van der Waals surface area (Å²) in [5, 5.41) is 2.99. The van der Waals surface area contributed by atoms with Crippen molar-refractivity contribution in [1.82, 2.24) is 14.5 Å². The lowest BCUT2D eigenvalue weighted by atomic mass is 10.0. The van der Waals surface area contributed by atoms with Crippen molar-refractivity contribution in [2.75, 3.05) is 24.9 Å². The summed E-state index contributed by atoms with van der Waals surface area (Å²) in [5.41, 5.74) is 2.23. The van der Waals surface area contributed by atoms with Gasteiger partial charge in [-0.2, -0.15) is 12.7 Å². The second kappa shape index (κ2) is 13.3. The van der Waals surface area contributed by atoms with Crippen LogP contribution < -0.4 is 9.62 Å². The van der Waals surface area contributed by atoms with Crippen molar-refractivity contribution in [3.63, 3.8) is 0 Å². The molecule has 41 heavy (non-hydrogen) atoms. The lowest BCUT2D eigenvalue weighted by Crippen LogP contribution is -2.56. The van der Waals surface area contributed by atoms with Crippen molar-refractivity contribution in [3.05, 3.63) is 101 Å². The predicted octanol–water partition coefficient (Wildman–Crippen LogP) is 4.30. The molecule has 10 heteroatoms. The molecule has 0 aromatic heterocycles. The number of hydrogen-bond acceptors (Lipinski definition) is 4. The van der Waals surface area contributed by atoms with Crippen LogP contribution in [0.3, 0.4) is 0 Å². The Morgan fingerprint density at radius 3 is 2.00 bits per heavy atom. The third kappa shape index (κ3) is 8.86. The maximum atomic E-state index is 14.2. The number of carbonyl (C=O) groups is 2. The minimum atomic E-state index is -4.15. The first-order chi connectivity index (χ1) is 19.2. The largest absolute Gasteiger partial charge is 0.350 e. The number of anilines is 1. The molecule has 0 aliphatic rings. The number of nitrogens with one attached hydrogen (secondary N) is 1. The fraction of sp³-hybridized carbons (Fsp3) is 0.355. The molecule has 3 aromatic rings. The second-order valence-corrected chi connectivity index (χ2v) is 13.3. The molecular formula is C31H39FN4O4S. The van der Waals surface area contributed by atoms with E-state index in [0.717, 1.165) is 37.4 Å². The molecule has 0 aliphatic heterocycles. The number of halogens is 1. The number of benzene rings is 3. The zero-order chi connectivity index (χ0) is 30.4. The number of rotatable bonds is 11. The maximum Gasteiger partial charge on any atom is 0.304 e. The second-order valence-electron chi connectivity index (χ2n) is 11.2. The Hall–Kier alpha value is -3.76. The van der Waals surface area contributed by atoms with Crippen molar-refractivity contribution in [1.29, 1.82) is 0 Å². The molecule has 0 unspecified atom stereocenters. The van der Waals surface area contributed by atoms with Gasteiger partial charge in [0.05, 0.1) is 5.69 Å². The fourth-order valence-electron chi connectivity index (χ4n) is 4.22. The van der Waals surface area contributed by atoms with E-state index < -0.39 is 40.1 Å². The van der Waals surface area contributed by atoms with Crippen LogP contribution in [0.4, 0.5) is 10.1 Å². The Balaban J connectivity index is 2.10. The third-order valence-electron chi connectivity index (χ3n) is 6.38. The van der Waals surface area contributed by atoms with Crippen LogP contribution in [0.2, 0.25) is 0 Å². The molecule has 3 aromatic carbocycles. The summed E-state index contributed by atoms with van der Waals surface area (Å²) in [6, 6.07) is 20.9. The van der Waals surface area contributed by atoms with E-state index in [-0.39, 0.29) is 24.6 Å². The highest BCUT2D eigenvalue weighted by molar-refractivity contribution is 7.90. The van der Waals surface area contributed by atoms with Crippen LogP contribution in [-0.4, -0.2) is 61.7 Å². The van der Waals surface area contributed by atoms with Crippen LogP contribution in [0.15, 0.2) is 78.9 Å². The quantitative estimate of drug-likeness (QED) is 0.365. The molecule has 0 radical (unpaired) electrons. The molecule has 2 amide bonds. The lowest BCUT2D eigenvalue weighted by Gasteiger charge is -2.35. The van der Waals surface area contributed by atoms with Crippen LogP contribution in [0.1, 0.15) is 37.5 Å². The summed E-state index contributed by atoms with van der Waals surface area (Å²) < 4.78 is 42.3. The van der Waals surface area contributed by atoms with Crippen molar-refractivity contribution in [2.24, 2.45) is 0 Å². The van der Waals surface area contributed by atoms with Gasteiger partial charge in [0.25, 0.3) is 0 Å². The van der Waals surface area contributed by atoms with Crippen LogP contribution in [0, 0.1) is 12.7 Å². The van der Waals surface area contributed by atoms with E-state index in [4.69, 9.17) is 0 Å². The molecule has 220 valence electrons. The van der Waals surface area contributed by atoms with E-state index >= 15 is 0 Å². The number of nitrogens with zero attached hydrogens (tertiary/aromatic N) is 3. The standard InChI is InChI=1S/C31H39FN4O4S/c1-23-12-14-25(15-13-23)21-35(28(30(38)33-31(2,3)4)20-24-10-8-7-9-11-24)29(37)22-36(41(39,40)34(5)6)27-18-16-26(32)17-19-27/h7-19,28H,20-22H2,1-6H3,(H,33,38)/t28-/m0/s1. The molecule has 0 aliphatic carbocycles. The molecule has 0 saturated heterocycles. The summed E-state index contributed by atoms with van der Waals surface area (Å²) in [7, 11) is -1.44. The molecule has 0 saturated carbocycles. The Morgan fingerprint density at radius 1 is 0.878 bits per heavy atom. The Bertz CT molecular complexity index is 1420. The van der Waals surface area contributed by atoms with Gasteiger partial charge < -0.3 is 10.2 Å². The molecule has 0 bridgehead atoms. The molecule has 1 N–H and O–H groups in total. The minimum Gasteiger partial charge on any atom is -0.350 e. The molecule has 0 fully saturated rings. The Morgan fingerprint density at radius 2 is 1.46 bits per heavy atom. The predicted molar refractivity (Wildman–Crippen MR) is 160 cm³/mol. The highest BCUT2D eigenvalue weighted by Gasteiger charge is 2.35. The fourth-order valence-corrected chi connectivity index (χ4v) is 5.28. The molecule has 3 rings (SSSR count). The van der Waals surface area contributed by atoms with Gasteiger partial charge in [-0.25, -0.2) is 8.70 Å². The van der Waals surface area contributed by atoms with E-state index in [9.17, 15) is 22.4 Å². The first-order valence-corrected chi connectivity index (χ1v) is 14.7. The highest BCUT2D eigenvalue weighted by atomic mass is 32.2. The number of hydrogen-bond donors (Lipinski definition) is 1. The average Bonchev–Trinajstić information content (AvgIpc) is 2.90. The van der Waals surface area contributed by atoms with Gasteiger partial charge in [-0.05, 0) is 63.1 Å². The number of aryl methyl sites for hydroxylation is 1. The van der Waals surface area contributed by atoms with E-state index in [0.29, 0.717) is 0 Å². The Labute approximate surface area is 243 Å². The Kier molecular flexibility index (Phi) is 10.3. The summed E-state index contributed by atoms with van der Waals surface area (Å²) in [5.74, 6) is -1.47. The highest BCUT2D eigenvalue weighted by Crippen LogP contribution is 2.22.